The first-order valence-corrected chi connectivity index (χ1v) is 7.34. The van der Waals surface area contributed by atoms with E-state index in [0.29, 0.717) is 6.61 Å². The zero-order chi connectivity index (χ0) is 14.7. The topological polar surface area (TPSA) is 26.3 Å². The van der Waals surface area contributed by atoms with Gasteiger partial charge in [-0.25, -0.2) is 0 Å². The van der Waals surface area contributed by atoms with Crippen molar-refractivity contribution in [3.8, 4) is 5.75 Å². The van der Waals surface area contributed by atoms with Crippen LogP contribution in [0.4, 0.5) is 0 Å². The van der Waals surface area contributed by atoms with Gasteiger partial charge in [0, 0.05) is 16.7 Å². The number of para-hydroxylation sites is 1. The molecule has 0 aliphatic heterocycles. The van der Waals surface area contributed by atoms with Crippen LogP contribution < -0.4 is 4.74 Å². The molecule has 21 heavy (non-hydrogen) atoms. The van der Waals surface area contributed by atoms with Crippen molar-refractivity contribution in [2.75, 3.05) is 6.61 Å². The summed E-state index contributed by atoms with van der Waals surface area (Å²) >= 11 is 0. The number of hydrogen-bond acceptors (Lipinski definition) is 2. The first kappa shape index (κ1) is 13.6. The quantitative estimate of drug-likeness (QED) is 0.782. The van der Waals surface area contributed by atoms with E-state index in [0.717, 1.165) is 40.9 Å². The van der Waals surface area contributed by atoms with Crippen molar-refractivity contribution in [3.05, 3.63) is 70.8 Å². The number of carbonyl (C=O) groups is 1. The van der Waals surface area contributed by atoms with E-state index in [2.05, 4.69) is 0 Å². The molecule has 0 saturated heterocycles. The molecule has 2 aromatic rings. The SMILES string of the molecule is CCOc1ccccc1/C=C1\CCc2ccccc2C1=O. The summed E-state index contributed by atoms with van der Waals surface area (Å²) in [6.45, 7) is 2.59. The number of hydrogen-bond donors (Lipinski definition) is 0. The van der Waals surface area contributed by atoms with Crippen LogP contribution in [0.3, 0.4) is 0 Å². The van der Waals surface area contributed by atoms with Gasteiger partial charge in [-0.3, -0.25) is 4.79 Å². The molecule has 0 radical (unpaired) electrons. The van der Waals surface area contributed by atoms with Gasteiger partial charge in [0.2, 0.25) is 0 Å². The summed E-state index contributed by atoms with van der Waals surface area (Å²) in [4.78, 5) is 12.6. The number of rotatable bonds is 3. The molecular weight excluding hydrogens is 260 g/mol. The Morgan fingerprint density at radius 2 is 1.81 bits per heavy atom. The zero-order valence-electron chi connectivity index (χ0n) is 12.1. The van der Waals surface area contributed by atoms with Gasteiger partial charge in [-0.05, 0) is 37.5 Å². The molecule has 0 N–H and O–H groups in total. The number of allylic oxidation sites excluding steroid dienone is 1. The lowest BCUT2D eigenvalue weighted by Crippen LogP contribution is -2.13. The van der Waals surface area contributed by atoms with Crippen molar-refractivity contribution in [2.45, 2.75) is 19.8 Å². The number of aryl methyl sites for hydroxylation is 1. The normalized spacial score (nSPS) is 15.9. The van der Waals surface area contributed by atoms with Crippen LogP contribution in [0.1, 0.15) is 34.8 Å². The van der Waals surface area contributed by atoms with Crippen molar-refractivity contribution >= 4 is 11.9 Å². The number of benzene rings is 2. The van der Waals surface area contributed by atoms with Crippen LogP contribution in [0.5, 0.6) is 5.75 Å². The largest absolute Gasteiger partial charge is 0.493 e. The highest BCUT2D eigenvalue weighted by Crippen LogP contribution is 2.28. The molecule has 106 valence electrons. The van der Waals surface area contributed by atoms with Crippen LogP contribution in [-0.4, -0.2) is 12.4 Å². The summed E-state index contributed by atoms with van der Waals surface area (Å²) in [5.41, 5.74) is 3.82. The third-order valence-corrected chi connectivity index (χ3v) is 3.77. The van der Waals surface area contributed by atoms with Crippen molar-refractivity contribution in [1.29, 1.82) is 0 Å². The third kappa shape index (κ3) is 2.75. The number of carbonyl (C=O) groups excluding carboxylic acids is 1. The van der Waals surface area contributed by atoms with E-state index in [1.54, 1.807) is 0 Å². The van der Waals surface area contributed by atoms with Gasteiger partial charge in [-0.2, -0.15) is 0 Å². The Morgan fingerprint density at radius 3 is 2.67 bits per heavy atom. The fourth-order valence-corrected chi connectivity index (χ4v) is 2.73. The highest BCUT2D eigenvalue weighted by Gasteiger charge is 2.21. The van der Waals surface area contributed by atoms with Gasteiger partial charge in [0.15, 0.2) is 5.78 Å². The molecule has 0 atom stereocenters. The molecule has 1 aliphatic carbocycles. The minimum atomic E-state index is 0.142. The Hall–Kier alpha value is -2.35. The van der Waals surface area contributed by atoms with Crippen molar-refractivity contribution in [2.24, 2.45) is 0 Å². The van der Waals surface area contributed by atoms with E-state index < -0.39 is 0 Å². The molecule has 0 unspecified atom stereocenters. The summed E-state index contributed by atoms with van der Waals surface area (Å²) in [5, 5.41) is 0. The second kappa shape index (κ2) is 5.96. The summed E-state index contributed by atoms with van der Waals surface area (Å²) in [6.07, 6.45) is 3.68. The van der Waals surface area contributed by atoms with Gasteiger partial charge < -0.3 is 4.74 Å². The molecule has 2 heteroatoms. The Balaban J connectivity index is 1.97. The molecule has 0 amide bonds. The fourth-order valence-electron chi connectivity index (χ4n) is 2.73. The van der Waals surface area contributed by atoms with E-state index in [-0.39, 0.29) is 5.78 Å². The molecule has 3 rings (SSSR count). The molecular formula is C19H18O2. The van der Waals surface area contributed by atoms with Gasteiger partial charge >= 0.3 is 0 Å². The number of ketones is 1. The average Bonchev–Trinajstić information content (AvgIpc) is 2.52. The summed E-state index contributed by atoms with van der Waals surface area (Å²) < 4.78 is 5.63. The number of ether oxygens (including phenoxy) is 1. The Morgan fingerprint density at radius 1 is 1.05 bits per heavy atom. The van der Waals surface area contributed by atoms with Crippen LogP contribution in [0.2, 0.25) is 0 Å². The molecule has 0 fully saturated rings. The van der Waals surface area contributed by atoms with Gasteiger partial charge in [0.1, 0.15) is 5.75 Å². The molecule has 1 aliphatic rings. The van der Waals surface area contributed by atoms with Gasteiger partial charge in [-0.1, -0.05) is 42.5 Å². The van der Waals surface area contributed by atoms with Gasteiger partial charge in [0.05, 0.1) is 6.61 Å². The average molecular weight is 278 g/mol. The first-order chi connectivity index (χ1) is 10.3. The lowest BCUT2D eigenvalue weighted by Gasteiger charge is -2.17. The lowest BCUT2D eigenvalue weighted by molar-refractivity contribution is 0.102. The van der Waals surface area contributed by atoms with E-state index in [1.165, 1.54) is 0 Å². The van der Waals surface area contributed by atoms with Crippen LogP contribution in [-0.2, 0) is 6.42 Å². The molecule has 0 saturated carbocycles. The van der Waals surface area contributed by atoms with Crippen LogP contribution in [0.15, 0.2) is 54.1 Å². The van der Waals surface area contributed by atoms with Gasteiger partial charge in [0.25, 0.3) is 0 Å². The maximum absolute atomic E-state index is 12.6. The van der Waals surface area contributed by atoms with Gasteiger partial charge in [-0.15, -0.1) is 0 Å². The third-order valence-electron chi connectivity index (χ3n) is 3.77. The maximum atomic E-state index is 12.6. The monoisotopic (exact) mass is 278 g/mol. The van der Waals surface area contributed by atoms with Crippen LogP contribution in [0.25, 0.3) is 6.08 Å². The highest BCUT2D eigenvalue weighted by molar-refractivity contribution is 6.13. The smallest absolute Gasteiger partial charge is 0.189 e. The van der Waals surface area contributed by atoms with E-state index in [1.807, 2.05) is 61.5 Å². The van der Waals surface area contributed by atoms with Crippen molar-refractivity contribution < 1.29 is 9.53 Å². The number of fused-ring (bicyclic) bond motifs is 1. The molecule has 2 nitrogen and oxygen atoms in total. The zero-order valence-corrected chi connectivity index (χ0v) is 12.1. The molecule has 0 aromatic heterocycles. The predicted molar refractivity (Wildman–Crippen MR) is 84.7 cm³/mol. The molecule has 2 aromatic carbocycles. The van der Waals surface area contributed by atoms with Crippen LogP contribution in [0, 0.1) is 0 Å². The maximum Gasteiger partial charge on any atom is 0.189 e. The molecule has 0 spiro atoms. The van der Waals surface area contributed by atoms with E-state index in [4.69, 9.17) is 4.74 Å². The second-order valence-electron chi connectivity index (χ2n) is 5.13. The number of Topliss-reactive ketones (excluding diaryl/α,β-unsaturated/α-hetero) is 1. The highest BCUT2D eigenvalue weighted by atomic mass is 16.5. The fraction of sp³-hybridized carbons (Fsp3) is 0.211. The van der Waals surface area contributed by atoms with E-state index >= 15 is 0 Å². The lowest BCUT2D eigenvalue weighted by atomic mass is 9.86. The molecule has 0 bridgehead atoms. The van der Waals surface area contributed by atoms with Crippen LogP contribution >= 0.6 is 0 Å². The summed E-state index contributed by atoms with van der Waals surface area (Å²) in [6, 6.07) is 15.7. The van der Waals surface area contributed by atoms with Crippen molar-refractivity contribution in [1.82, 2.24) is 0 Å². The van der Waals surface area contributed by atoms with E-state index in [9.17, 15) is 4.79 Å². The first-order valence-electron chi connectivity index (χ1n) is 7.34. The minimum absolute atomic E-state index is 0.142. The molecule has 0 heterocycles. The second-order valence-corrected chi connectivity index (χ2v) is 5.13. The van der Waals surface area contributed by atoms with Crippen molar-refractivity contribution in [3.63, 3.8) is 0 Å². The Bertz CT molecular complexity index is 698. The summed E-state index contributed by atoms with van der Waals surface area (Å²) in [7, 11) is 0. The predicted octanol–water partition coefficient (Wildman–Crippen LogP) is 4.30. The standard InChI is InChI=1S/C19H18O2/c1-2-21-18-10-6-4-8-15(18)13-16-12-11-14-7-3-5-9-17(14)19(16)20/h3-10,13H,2,11-12H2,1H3/b16-13+. The Kier molecular flexibility index (Phi) is 3.87. The minimum Gasteiger partial charge on any atom is -0.493 e. The summed E-state index contributed by atoms with van der Waals surface area (Å²) in [5.74, 6) is 0.974. The Labute approximate surface area is 125 Å².